The first-order chi connectivity index (χ1) is 42.1. The third-order valence-electron chi connectivity index (χ3n) is 17.3. The number of piperidine rings is 3. The minimum atomic E-state index is -0.262. The molecule has 3 saturated heterocycles. The number of H-pyrrole nitrogens is 1. The van der Waals surface area contributed by atoms with E-state index >= 15 is 0 Å². The first kappa shape index (κ1) is 65.2. The summed E-state index contributed by atoms with van der Waals surface area (Å²) >= 11 is 33.4. The smallest absolute Gasteiger partial charge is 0.409 e. The summed E-state index contributed by atoms with van der Waals surface area (Å²) in [6.07, 6.45) is 17.9. The lowest BCUT2D eigenvalue weighted by atomic mass is 9.88. The van der Waals surface area contributed by atoms with Gasteiger partial charge in [-0.2, -0.15) is 0 Å². The van der Waals surface area contributed by atoms with E-state index in [9.17, 15) is 14.4 Å². The predicted octanol–water partition coefficient (Wildman–Crippen LogP) is 17.7. The van der Waals surface area contributed by atoms with Crippen LogP contribution in [0.4, 0.5) is 15.3 Å². The van der Waals surface area contributed by atoms with Crippen molar-refractivity contribution >= 4 is 133 Å². The zero-order valence-corrected chi connectivity index (χ0v) is 58.2. The van der Waals surface area contributed by atoms with E-state index in [0.29, 0.717) is 55.3 Å². The third kappa shape index (κ3) is 14.9. The molecule has 0 unspecified atom stereocenters. The normalized spacial score (nSPS) is 16.4. The molecular formula is C68H72Br4Cl3N7O5. The Hall–Kier alpha value is -4.78. The van der Waals surface area contributed by atoms with Crippen molar-refractivity contribution in [3.05, 3.63) is 200 Å². The quantitative estimate of drug-likeness (QED) is 0.156. The molecular weight excluding hydrogens is 1420 g/mol. The highest BCUT2D eigenvalue weighted by Gasteiger charge is 2.32. The Kier molecular flexibility index (Phi) is 22.4. The van der Waals surface area contributed by atoms with E-state index in [-0.39, 0.29) is 17.6 Å². The second-order valence-electron chi connectivity index (χ2n) is 22.7. The van der Waals surface area contributed by atoms with E-state index in [1.807, 2.05) is 56.6 Å². The number of rotatable bonds is 6. The van der Waals surface area contributed by atoms with Crippen LogP contribution >= 0.6 is 98.5 Å². The zero-order valence-electron chi connectivity index (χ0n) is 49.6. The van der Waals surface area contributed by atoms with E-state index in [0.717, 1.165) is 153 Å². The standard InChI is InChI=1S/C24H29BrClN3.C22H21Br2ClN2O2.C22H22BrClN2O3/c1-3-4-11-27-23-20-7-5-17-14-18(26)6-8-19(17)22(24(20)28-15-21(23)25)16-9-12-29(2)13-10-16;1-2-29-22(28)27-9-7-13(8-10-27)19-16-6-4-15(25)11-14(16)3-5-17-20(24)18(23)12-26-21(17)19;1-2-29-22(28)26-9-7-13(8-10-26)19-16-6-4-15(24)11-14(16)3-5-17-20(19)25-12-18(23)21(17)27/h6,8,14-15H,3-5,7,9-13H2,1-2H3,(H,27,28);4,6,11-12H,2-3,5,7-10H2,1H3;4,6,11-12H,2-3,5,7-10H2,1H3,(H,25,27). The number of unbranched alkanes of at least 4 members (excludes halogenated alkanes) is 1. The number of nitrogens with zero attached hydrogens (tertiary/aromatic N) is 5. The Morgan fingerprint density at radius 3 is 1.49 bits per heavy atom. The number of nitrogens with one attached hydrogen (secondary N) is 2. The topological polar surface area (TPSA) is 133 Å². The number of aromatic amines is 1. The molecule has 0 spiro atoms. The molecule has 6 aromatic rings. The lowest BCUT2D eigenvalue weighted by Gasteiger charge is -2.29. The number of hydrogen-bond donors (Lipinski definition) is 2. The number of fused-ring (bicyclic) bond motifs is 6. The number of amides is 2. The van der Waals surface area contributed by atoms with Gasteiger partial charge in [0.15, 0.2) is 5.43 Å². The van der Waals surface area contributed by atoms with Gasteiger partial charge in [-0.15, -0.1) is 0 Å². The third-order valence-corrected chi connectivity index (χ3v) is 21.2. The number of hydrogen-bond acceptors (Lipinski definition) is 9. The summed E-state index contributed by atoms with van der Waals surface area (Å²) < 4.78 is 13.9. The lowest BCUT2D eigenvalue weighted by molar-refractivity contribution is 0.103. The number of anilines is 1. The highest BCUT2D eigenvalue weighted by Crippen LogP contribution is 2.45. The van der Waals surface area contributed by atoms with Crippen LogP contribution in [0, 0.1) is 0 Å². The molecule has 6 aliphatic rings. The van der Waals surface area contributed by atoms with Crippen molar-refractivity contribution < 1.29 is 19.1 Å². The van der Waals surface area contributed by atoms with Crippen molar-refractivity contribution in [3.8, 4) is 0 Å². The van der Waals surface area contributed by atoms with E-state index in [2.05, 4.69) is 117 Å². The van der Waals surface area contributed by atoms with Crippen LogP contribution in [0.15, 0.2) is 113 Å². The zero-order chi connectivity index (χ0) is 61.5. The van der Waals surface area contributed by atoms with Gasteiger partial charge in [-0.1, -0.05) is 83.1 Å². The average Bonchev–Trinajstić information content (AvgIpc) is 2.65. The molecule has 3 aromatic heterocycles. The molecule has 2 N–H and O–H groups in total. The fraction of sp³-hybridized carbons (Fsp3) is 0.397. The molecule has 3 aliphatic carbocycles. The van der Waals surface area contributed by atoms with E-state index in [1.165, 1.54) is 79.8 Å². The molecule has 0 bridgehead atoms. The largest absolute Gasteiger partial charge is 0.450 e. The lowest BCUT2D eigenvalue weighted by Crippen LogP contribution is -2.37. The van der Waals surface area contributed by atoms with E-state index < -0.39 is 0 Å². The molecule has 6 heterocycles. The summed E-state index contributed by atoms with van der Waals surface area (Å²) in [5, 5.41) is 5.96. The van der Waals surface area contributed by atoms with Crippen molar-refractivity contribution in [1.29, 1.82) is 0 Å². The Bertz CT molecular complexity index is 3740. The van der Waals surface area contributed by atoms with Crippen LogP contribution < -0.4 is 10.7 Å². The number of halogens is 7. The van der Waals surface area contributed by atoms with Crippen LogP contribution in [0.3, 0.4) is 0 Å². The van der Waals surface area contributed by atoms with Gasteiger partial charge in [-0.05, 0) is 243 Å². The number of pyridine rings is 3. The van der Waals surface area contributed by atoms with Crippen molar-refractivity contribution in [2.75, 3.05) is 71.4 Å². The molecule has 2 amide bonds. The van der Waals surface area contributed by atoms with Gasteiger partial charge in [0.05, 0.1) is 49.4 Å². The van der Waals surface area contributed by atoms with Crippen LogP contribution in [-0.4, -0.2) is 108 Å². The Balaban J connectivity index is 0.000000144. The van der Waals surface area contributed by atoms with E-state index in [4.69, 9.17) is 54.2 Å². The summed E-state index contributed by atoms with van der Waals surface area (Å²) in [6.45, 7) is 12.4. The SMILES string of the molecule is CCCCNc1c(Br)cnc2c1CCc1cc(Cl)ccc1C2=C1CCN(C)CC1.CCOC(=O)N1CCC(=C2c3ccc(Cl)cc3CCc3c2[nH]cc(Br)c3=O)CC1.CCOC(=O)N1CCC(=C2c3ccc(Cl)cc3CCc3c2ncc(Br)c3Br)CC1. The molecule has 3 fully saturated rings. The summed E-state index contributed by atoms with van der Waals surface area (Å²) in [6, 6.07) is 18.5. The van der Waals surface area contributed by atoms with Crippen LogP contribution in [0.2, 0.25) is 15.1 Å². The van der Waals surface area contributed by atoms with Crippen LogP contribution in [-0.2, 0) is 48.0 Å². The molecule has 0 saturated carbocycles. The predicted molar refractivity (Wildman–Crippen MR) is 367 cm³/mol. The average molecular weight is 1490 g/mol. The van der Waals surface area contributed by atoms with Crippen molar-refractivity contribution in [3.63, 3.8) is 0 Å². The first-order valence-electron chi connectivity index (χ1n) is 30.3. The number of aromatic nitrogens is 3. The second-order valence-corrected chi connectivity index (χ2v) is 27.3. The second kappa shape index (κ2) is 29.9. The molecule has 458 valence electrons. The van der Waals surface area contributed by atoms with Crippen molar-refractivity contribution in [2.45, 2.75) is 111 Å². The molecule has 12 nitrogen and oxygen atoms in total. The Labute approximate surface area is 559 Å². The minimum absolute atomic E-state index is 0.0275. The van der Waals surface area contributed by atoms with Gasteiger partial charge in [0.25, 0.3) is 0 Å². The highest BCUT2D eigenvalue weighted by molar-refractivity contribution is 9.13. The molecule has 0 radical (unpaired) electrons. The van der Waals surface area contributed by atoms with Gasteiger partial charge in [0.1, 0.15) is 0 Å². The van der Waals surface area contributed by atoms with Gasteiger partial charge in [0, 0.05) is 112 Å². The maximum atomic E-state index is 12.8. The monoisotopic (exact) mass is 1490 g/mol. The number of carbonyl (C=O) groups excluding carboxylic acids is 2. The number of likely N-dealkylation sites (tertiary alicyclic amines) is 3. The van der Waals surface area contributed by atoms with Crippen molar-refractivity contribution in [1.82, 2.24) is 29.7 Å². The summed E-state index contributed by atoms with van der Waals surface area (Å²) in [7, 11) is 2.21. The molecule has 3 aromatic carbocycles. The molecule has 19 heteroatoms. The maximum Gasteiger partial charge on any atom is 0.409 e. The van der Waals surface area contributed by atoms with Gasteiger partial charge in [0.2, 0.25) is 0 Å². The first-order valence-corrected chi connectivity index (χ1v) is 34.6. The van der Waals surface area contributed by atoms with Gasteiger partial charge in [-0.25, -0.2) is 9.59 Å². The van der Waals surface area contributed by atoms with Crippen LogP contribution in [0.1, 0.15) is 139 Å². The van der Waals surface area contributed by atoms with Crippen molar-refractivity contribution in [2.24, 2.45) is 0 Å². The molecule has 3 aliphatic heterocycles. The molecule has 12 rings (SSSR count). The minimum Gasteiger partial charge on any atom is -0.450 e. The van der Waals surface area contributed by atoms with Gasteiger partial charge >= 0.3 is 12.2 Å². The summed E-state index contributed by atoms with van der Waals surface area (Å²) in [5.74, 6) is 0. The van der Waals surface area contributed by atoms with Gasteiger partial charge in [-0.3, -0.25) is 14.8 Å². The Morgan fingerprint density at radius 1 is 0.563 bits per heavy atom. The summed E-state index contributed by atoms with van der Waals surface area (Å²) in [4.78, 5) is 56.1. The Morgan fingerprint density at radius 2 is 1.00 bits per heavy atom. The van der Waals surface area contributed by atoms with Crippen LogP contribution in [0.5, 0.6) is 0 Å². The number of aryl methyl sites for hydroxylation is 3. The maximum absolute atomic E-state index is 12.8. The number of ether oxygens (including phenoxy) is 2. The fourth-order valence-electron chi connectivity index (χ4n) is 12.8. The number of benzene rings is 3. The van der Waals surface area contributed by atoms with Gasteiger partial charge < -0.3 is 34.5 Å². The van der Waals surface area contributed by atoms with Crippen LogP contribution in [0.25, 0.3) is 16.7 Å². The molecule has 0 atom stereocenters. The number of carbonyl (C=O) groups is 2. The summed E-state index contributed by atoms with van der Waals surface area (Å²) in [5.41, 5.74) is 22.8. The molecule has 87 heavy (non-hydrogen) atoms. The van der Waals surface area contributed by atoms with E-state index in [1.54, 1.807) is 16.0 Å². The fourth-order valence-corrected chi connectivity index (χ4v) is 15.0. The highest BCUT2D eigenvalue weighted by atomic mass is 79.9.